The van der Waals surface area contributed by atoms with Crippen LogP contribution in [0.25, 0.3) is 0 Å². The third-order valence-electron chi connectivity index (χ3n) is 0.574. The van der Waals surface area contributed by atoms with E-state index >= 15 is 0 Å². The fourth-order valence-electron chi connectivity index (χ4n) is 0.319. The standard InChI is InChI=1S/C3H3N3O2S/c7-3(8)5-2-6-4-1-9-2/h1H,(H,5,6)(H,7,8). The molecule has 5 nitrogen and oxygen atoms in total. The van der Waals surface area contributed by atoms with Gasteiger partial charge in [-0.15, -0.1) is 10.2 Å². The summed E-state index contributed by atoms with van der Waals surface area (Å²) in [6.07, 6.45) is -1.12. The number of carbonyl (C=O) groups is 1. The van der Waals surface area contributed by atoms with Crippen LogP contribution in [0.5, 0.6) is 0 Å². The first kappa shape index (κ1) is 5.96. The van der Waals surface area contributed by atoms with E-state index in [1.807, 2.05) is 5.32 Å². The Labute approximate surface area is 54.4 Å². The predicted molar refractivity (Wildman–Crippen MR) is 31.6 cm³/mol. The van der Waals surface area contributed by atoms with Gasteiger partial charge < -0.3 is 5.11 Å². The molecule has 1 amide bonds. The Morgan fingerprint density at radius 3 is 3.11 bits per heavy atom. The lowest BCUT2D eigenvalue weighted by Gasteiger charge is -1.87. The average Bonchev–Trinajstić information content (AvgIpc) is 2.15. The van der Waals surface area contributed by atoms with Crippen LogP contribution in [-0.4, -0.2) is 21.4 Å². The Kier molecular flexibility index (Phi) is 1.59. The smallest absolute Gasteiger partial charge is 0.411 e. The molecule has 0 aliphatic heterocycles. The second-order valence-corrected chi connectivity index (χ2v) is 2.01. The Morgan fingerprint density at radius 2 is 2.67 bits per heavy atom. The number of anilines is 1. The molecule has 2 N–H and O–H groups in total. The van der Waals surface area contributed by atoms with Crippen molar-refractivity contribution in [3.63, 3.8) is 0 Å². The van der Waals surface area contributed by atoms with Gasteiger partial charge in [-0.2, -0.15) is 0 Å². The van der Waals surface area contributed by atoms with Gasteiger partial charge in [-0.3, -0.25) is 5.32 Å². The highest BCUT2D eigenvalue weighted by molar-refractivity contribution is 7.13. The monoisotopic (exact) mass is 145 g/mol. The van der Waals surface area contributed by atoms with E-state index in [-0.39, 0.29) is 0 Å². The van der Waals surface area contributed by atoms with Crippen molar-refractivity contribution in [1.29, 1.82) is 0 Å². The summed E-state index contributed by atoms with van der Waals surface area (Å²) in [5, 5.41) is 17.3. The molecule has 0 unspecified atom stereocenters. The lowest BCUT2D eigenvalue weighted by atomic mass is 11.0. The number of aromatic nitrogens is 2. The lowest BCUT2D eigenvalue weighted by Crippen LogP contribution is -2.06. The maximum absolute atomic E-state index is 9.89. The van der Waals surface area contributed by atoms with Gasteiger partial charge >= 0.3 is 6.09 Å². The van der Waals surface area contributed by atoms with E-state index in [1.165, 1.54) is 5.51 Å². The highest BCUT2D eigenvalue weighted by atomic mass is 32.1. The molecule has 9 heavy (non-hydrogen) atoms. The van der Waals surface area contributed by atoms with Gasteiger partial charge in [0.25, 0.3) is 0 Å². The average molecular weight is 145 g/mol. The van der Waals surface area contributed by atoms with Gasteiger partial charge in [-0.25, -0.2) is 4.79 Å². The van der Waals surface area contributed by atoms with E-state index in [0.29, 0.717) is 5.13 Å². The number of nitrogens with one attached hydrogen (secondary N) is 1. The van der Waals surface area contributed by atoms with Crippen molar-refractivity contribution in [2.24, 2.45) is 0 Å². The molecular formula is C3H3N3O2S. The molecule has 0 aliphatic rings. The zero-order valence-electron chi connectivity index (χ0n) is 4.24. The molecule has 0 radical (unpaired) electrons. The first-order chi connectivity index (χ1) is 4.29. The second kappa shape index (κ2) is 2.40. The van der Waals surface area contributed by atoms with Crippen molar-refractivity contribution in [2.45, 2.75) is 0 Å². The van der Waals surface area contributed by atoms with Gasteiger partial charge in [-0.05, 0) is 0 Å². The fourth-order valence-corrected chi connectivity index (χ4v) is 0.754. The van der Waals surface area contributed by atoms with E-state index < -0.39 is 6.09 Å². The molecule has 1 aromatic heterocycles. The number of hydrogen-bond donors (Lipinski definition) is 2. The molecule has 1 heterocycles. The van der Waals surface area contributed by atoms with Gasteiger partial charge in [-0.1, -0.05) is 11.3 Å². The van der Waals surface area contributed by atoms with Crippen molar-refractivity contribution < 1.29 is 9.90 Å². The Balaban J connectivity index is 2.58. The third-order valence-corrected chi connectivity index (χ3v) is 1.18. The van der Waals surface area contributed by atoms with Gasteiger partial charge in [0.05, 0.1) is 0 Å². The van der Waals surface area contributed by atoms with Crippen LogP contribution in [0, 0.1) is 0 Å². The number of hydrogen-bond acceptors (Lipinski definition) is 4. The second-order valence-electron chi connectivity index (χ2n) is 1.17. The molecule has 0 spiro atoms. The molecule has 1 aromatic rings. The van der Waals surface area contributed by atoms with E-state index in [0.717, 1.165) is 11.3 Å². The summed E-state index contributed by atoms with van der Waals surface area (Å²) in [6, 6.07) is 0. The fraction of sp³-hybridized carbons (Fsp3) is 0. The number of carboxylic acid groups (broad SMARTS) is 1. The topological polar surface area (TPSA) is 75.1 Å². The van der Waals surface area contributed by atoms with Crippen LogP contribution in [0.2, 0.25) is 0 Å². The molecule has 0 saturated heterocycles. The minimum atomic E-state index is -1.12. The van der Waals surface area contributed by atoms with Crippen LogP contribution >= 0.6 is 11.3 Å². The van der Waals surface area contributed by atoms with Crippen LogP contribution in [0.4, 0.5) is 9.93 Å². The van der Waals surface area contributed by atoms with Crippen molar-refractivity contribution in [2.75, 3.05) is 5.32 Å². The van der Waals surface area contributed by atoms with Crippen molar-refractivity contribution >= 4 is 22.6 Å². The van der Waals surface area contributed by atoms with E-state index in [9.17, 15) is 4.79 Å². The largest absolute Gasteiger partial charge is 0.465 e. The summed E-state index contributed by atoms with van der Waals surface area (Å²) >= 11 is 1.14. The Hall–Kier alpha value is -1.17. The minimum absolute atomic E-state index is 0.294. The van der Waals surface area contributed by atoms with Crippen LogP contribution in [0.15, 0.2) is 5.51 Å². The number of nitrogens with zero attached hydrogens (tertiary/aromatic N) is 2. The van der Waals surface area contributed by atoms with Crippen LogP contribution < -0.4 is 5.32 Å². The van der Waals surface area contributed by atoms with Crippen molar-refractivity contribution in [3.8, 4) is 0 Å². The molecule has 0 fully saturated rings. The minimum Gasteiger partial charge on any atom is -0.465 e. The summed E-state index contributed by atoms with van der Waals surface area (Å²) in [5.74, 6) is 0. The van der Waals surface area contributed by atoms with Gasteiger partial charge in [0.2, 0.25) is 5.13 Å². The van der Waals surface area contributed by atoms with Crippen LogP contribution in [0.3, 0.4) is 0 Å². The van der Waals surface area contributed by atoms with Gasteiger partial charge in [0.1, 0.15) is 5.51 Å². The zero-order chi connectivity index (χ0) is 6.69. The molecule has 0 aromatic carbocycles. The summed E-state index contributed by atoms with van der Waals surface area (Å²) in [4.78, 5) is 9.89. The predicted octanol–water partition coefficient (Wildman–Crippen LogP) is 0.628. The molecular weight excluding hydrogens is 142 g/mol. The highest BCUT2D eigenvalue weighted by Gasteiger charge is 1.98. The lowest BCUT2D eigenvalue weighted by molar-refractivity contribution is 0.209. The van der Waals surface area contributed by atoms with Crippen molar-refractivity contribution in [1.82, 2.24) is 10.2 Å². The molecule has 48 valence electrons. The van der Waals surface area contributed by atoms with E-state index in [4.69, 9.17) is 5.11 Å². The molecule has 0 saturated carbocycles. The number of rotatable bonds is 1. The first-order valence-electron chi connectivity index (χ1n) is 2.05. The molecule has 0 aliphatic carbocycles. The first-order valence-corrected chi connectivity index (χ1v) is 2.93. The van der Waals surface area contributed by atoms with Crippen molar-refractivity contribution in [3.05, 3.63) is 5.51 Å². The number of amides is 1. The quantitative estimate of drug-likeness (QED) is 0.607. The van der Waals surface area contributed by atoms with Gasteiger partial charge in [0, 0.05) is 0 Å². The Morgan fingerprint density at radius 1 is 1.89 bits per heavy atom. The highest BCUT2D eigenvalue weighted by Crippen LogP contribution is 2.06. The molecule has 6 heteroatoms. The van der Waals surface area contributed by atoms with E-state index in [2.05, 4.69) is 10.2 Å². The molecule has 0 bridgehead atoms. The van der Waals surface area contributed by atoms with Gasteiger partial charge in [0.15, 0.2) is 0 Å². The maximum atomic E-state index is 9.89. The molecule has 1 rings (SSSR count). The normalized spacial score (nSPS) is 8.89. The van der Waals surface area contributed by atoms with Crippen LogP contribution in [-0.2, 0) is 0 Å². The maximum Gasteiger partial charge on any atom is 0.411 e. The van der Waals surface area contributed by atoms with Crippen LogP contribution in [0.1, 0.15) is 0 Å². The zero-order valence-corrected chi connectivity index (χ0v) is 5.05. The molecule has 0 atom stereocenters. The SMILES string of the molecule is O=C(O)Nc1nncs1. The summed E-state index contributed by atoms with van der Waals surface area (Å²) in [5.41, 5.74) is 1.45. The summed E-state index contributed by atoms with van der Waals surface area (Å²) in [7, 11) is 0. The third kappa shape index (κ3) is 1.65. The summed E-state index contributed by atoms with van der Waals surface area (Å²) in [6.45, 7) is 0. The summed E-state index contributed by atoms with van der Waals surface area (Å²) < 4.78 is 0. The Bertz CT molecular complexity index is 197. The van der Waals surface area contributed by atoms with E-state index in [1.54, 1.807) is 0 Å².